The minimum absolute atomic E-state index is 0.155. The monoisotopic (exact) mass is 432 g/mol. The fourth-order valence-corrected chi connectivity index (χ4v) is 4.86. The summed E-state index contributed by atoms with van der Waals surface area (Å²) in [5, 5.41) is 2.88. The number of rotatable bonds is 8. The third-order valence-corrected chi connectivity index (χ3v) is 6.99. The lowest BCUT2D eigenvalue weighted by molar-refractivity contribution is 0.0926. The van der Waals surface area contributed by atoms with Crippen molar-refractivity contribution in [3.8, 4) is 11.5 Å². The van der Waals surface area contributed by atoms with E-state index in [4.69, 9.17) is 9.47 Å². The average molecular weight is 433 g/mol. The molecule has 1 atom stereocenters. The number of ether oxygens (including phenoxy) is 2. The quantitative estimate of drug-likeness (QED) is 0.693. The molecule has 1 saturated heterocycles. The van der Waals surface area contributed by atoms with E-state index < -0.39 is 10.0 Å². The van der Waals surface area contributed by atoms with Gasteiger partial charge in [0.1, 0.15) is 18.1 Å². The molecule has 1 aliphatic heterocycles. The number of amides is 1. The predicted octanol–water partition coefficient (Wildman–Crippen LogP) is 2.99. The van der Waals surface area contributed by atoms with Crippen molar-refractivity contribution in [2.75, 3.05) is 26.8 Å². The van der Waals surface area contributed by atoms with E-state index in [0.29, 0.717) is 24.4 Å². The van der Waals surface area contributed by atoms with Crippen molar-refractivity contribution in [3.63, 3.8) is 0 Å². The van der Waals surface area contributed by atoms with Gasteiger partial charge in [-0.2, -0.15) is 4.31 Å². The van der Waals surface area contributed by atoms with Gasteiger partial charge in [0, 0.05) is 18.7 Å². The van der Waals surface area contributed by atoms with Crippen LogP contribution in [-0.4, -0.2) is 51.5 Å². The highest BCUT2D eigenvalue weighted by Gasteiger charge is 2.28. The number of carbonyl (C=O) groups is 1. The molecule has 0 aliphatic carbocycles. The van der Waals surface area contributed by atoms with Crippen molar-refractivity contribution in [3.05, 3.63) is 53.6 Å². The predicted molar refractivity (Wildman–Crippen MR) is 115 cm³/mol. The molecule has 162 valence electrons. The van der Waals surface area contributed by atoms with Gasteiger partial charge in [-0.25, -0.2) is 8.42 Å². The summed E-state index contributed by atoms with van der Waals surface area (Å²) in [4.78, 5) is 12.9. The van der Waals surface area contributed by atoms with Crippen LogP contribution >= 0.6 is 0 Å². The number of benzene rings is 2. The molecule has 0 aromatic heterocycles. The fraction of sp³-hybridized carbons (Fsp3) is 0.409. The lowest BCUT2D eigenvalue weighted by Gasteiger charge is -2.18. The first-order valence-corrected chi connectivity index (χ1v) is 11.4. The van der Waals surface area contributed by atoms with Crippen molar-refractivity contribution >= 4 is 15.9 Å². The number of carbonyl (C=O) groups excluding carboxylic acids is 1. The molecule has 1 aliphatic rings. The molecule has 1 N–H and O–H groups in total. The van der Waals surface area contributed by atoms with Crippen molar-refractivity contribution in [1.82, 2.24) is 9.62 Å². The van der Waals surface area contributed by atoms with Gasteiger partial charge in [0.25, 0.3) is 5.91 Å². The van der Waals surface area contributed by atoms with Gasteiger partial charge in [-0.3, -0.25) is 4.79 Å². The molecule has 0 spiro atoms. The fourth-order valence-electron chi connectivity index (χ4n) is 3.32. The van der Waals surface area contributed by atoms with E-state index >= 15 is 0 Å². The van der Waals surface area contributed by atoms with Crippen molar-refractivity contribution in [1.29, 1.82) is 0 Å². The molecule has 0 unspecified atom stereocenters. The molecule has 2 aromatic rings. The summed E-state index contributed by atoms with van der Waals surface area (Å²) in [5.74, 6) is 1.09. The van der Waals surface area contributed by atoms with Gasteiger partial charge in [-0.05, 0) is 68.7 Å². The zero-order valence-electron chi connectivity index (χ0n) is 17.6. The smallest absolute Gasteiger partial charge is 0.251 e. The molecule has 0 bridgehead atoms. The lowest BCUT2D eigenvalue weighted by Crippen LogP contribution is -2.37. The summed E-state index contributed by atoms with van der Waals surface area (Å²) in [5.41, 5.74) is 1.07. The summed E-state index contributed by atoms with van der Waals surface area (Å²) in [6, 6.07) is 11.6. The summed E-state index contributed by atoms with van der Waals surface area (Å²) in [6.45, 7) is 4.96. The molecular weight excluding hydrogens is 404 g/mol. The molecule has 1 amide bonds. The topological polar surface area (TPSA) is 84.9 Å². The number of methoxy groups -OCH3 is 1. The Labute approximate surface area is 178 Å². The third-order valence-electron chi connectivity index (χ3n) is 5.09. The minimum Gasteiger partial charge on any atom is -0.497 e. The summed E-state index contributed by atoms with van der Waals surface area (Å²) in [7, 11) is -1.98. The van der Waals surface area contributed by atoms with Gasteiger partial charge >= 0.3 is 0 Å². The lowest BCUT2D eigenvalue weighted by atomic mass is 10.1. The Morgan fingerprint density at radius 1 is 1.10 bits per heavy atom. The van der Waals surface area contributed by atoms with Crippen LogP contribution in [-0.2, 0) is 10.0 Å². The maximum Gasteiger partial charge on any atom is 0.251 e. The highest BCUT2D eigenvalue weighted by atomic mass is 32.2. The highest BCUT2D eigenvalue weighted by molar-refractivity contribution is 7.89. The second-order valence-electron chi connectivity index (χ2n) is 7.45. The van der Waals surface area contributed by atoms with Crippen LogP contribution in [0.5, 0.6) is 11.5 Å². The van der Waals surface area contributed by atoms with Crippen LogP contribution in [0.1, 0.15) is 35.7 Å². The van der Waals surface area contributed by atoms with Gasteiger partial charge in [0.2, 0.25) is 10.0 Å². The normalized spacial score (nSPS) is 15.6. The van der Waals surface area contributed by atoms with Crippen molar-refractivity contribution < 1.29 is 22.7 Å². The van der Waals surface area contributed by atoms with E-state index in [9.17, 15) is 13.2 Å². The Balaban J connectivity index is 1.65. The number of sulfonamides is 1. The van der Waals surface area contributed by atoms with Gasteiger partial charge in [-0.15, -0.1) is 0 Å². The Morgan fingerprint density at radius 3 is 2.37 bits per heavy atom. The zero-order valence-corrected chi connectivity index (χ0v) is 18.4. The first-order valence-electron chi connectivity index (χ1n) is 10.00. The number of hydrogen-bond donors (Lipinski definition) is 1. The Morgan fingerprint density at radius 2 is 1.73 bits per heavy atom. The molecular formula is C22H28N2O5S. The Bertz CT molecular complexity index is 983. The van der Waals surface area contributed by atoms with Crippen LogP contribution < -0.4 is 14.8 Å². The first kappa shape index (κ1) is 22.1. The Kier molecular flexibility index (Phi) is 6.99. The van der Waals surface area contributed by atoms with Crippen LogP contribution in [0.25, 0.3) is 0 Å². The molecule has 1 heterocycles. The molecule has 1 fully saturated rings. The van der Waals surface area contributed by atoms with E-state index in [0.717, 1.165) is 24.2 Å². The average Bonchev–Trinajstić information content (AvgIpc) is 3.28. The van der Waals surface area contributed by atoms with Crippen LogP contribution in [0.15, 0.2) is 47.4 Å². The van der Waals surface area contributed by atoms with Crippen LogP contribution in [0.4, 0.5) is 0 Å². The number of aryl methyl sites for hydroxylation is 1. The standard InChI is InChI=1S/C22H28N2O5S/c1-16-6-11-20(30(26,27)24-12-4-5-13-24)14-21(16)22(25)23-17(2)15-29-19-9-7-18(28-3)8-10-19/h6-11,14,17H,4-5,12-13,15H2,1-3H3,(H,23,25)/t17-/m1/s1. The number of nitrogens with zero attached hydrogens (tertiary/aromatic N) is 1. The zero-order chi connectivity index (χ0) is 21.7. The van der Waals surface area contributed by atoms with E-state index in [1.54, 1.807) is 50.4 Å². The SMILES string of the molecule is COc1ccc(OC[C@@H](C)NC(=O)c2cc(S(=O)(=O)N3CCCC3)ccc2C)cc1. The molecule has 8 heteroatoms. The molecule has 30 heavy (non-hydrogen) atoms. The largest absolute Gasteiger partial charge is 0.497 e. The molecule has 2 aromatic carbocycles. The maximum atomic E-state index is 12.8. The Hall–Kier alpha value is -2.58. The van der Waals surface area contributed by atoms with E-state index in [1.165, 1.54) is 10.4 Å². The van der Waals surface area contributed by atoms with E-state index in [1.807, 2.05) is 6.92 Å². The number of hydrogen-bond acceptors (Lipinski definition) is 5. The minimum atomic E-state index is -3.57. The van der Waals surface area contributed by atoms with Gasteiger partial charge < -0.3 is 14.8 Å². The summed E-state index contributed by atoms with van der Waals surface area (Å²) >= 11 is 0. The summed E-state index contributed by atoms with van der Waals surface area (Å²) in [6.07, 6.45) is 1.73. The van der Waals surface area contributed by atoms with Crippen molar-refractivity contribution in [2.24, 2.45) is 0 Å². The summed E-state index contributed by atoms with van der Waals surface area (Å²) < 4.78 is 37.9. The van der Waals surface area contributed by atoms with Crippen molar-refractivity contribution in [2.45, 2.75) is 37.6 Å². The van der Waals surface area contributed by atoms with Gasteiger partial charge in [-0.1, -0.05) is 6.07 Å². The van der Waals surface area contributed by atoms with Crippen LogP contribution in [0, 0.1) is 6.92 Å². The second kappa shape index (κ2) is 9.49. The van der Waals surface area contributed by atoms with Crippen LogP contribution in [0.2, 0.25) is 0 Å². The van der Waals surface area contributed by atoms with E-state index in [-0.39, 0.29) is 23.5 Å². The maximum absolute atomic E-state index is 12.8. The third kappa shape index (κ3) is 5.12. The molecule has 0 saturated carbocycles. The van der Waals surface area contributed by atoms with Gasteiger partial charge in [0.05, 0.1) is 18.0 Å². The van der Waals surface area contributed by atoms with E-state index in [2.05, 4.69) is 5.32 Å². The van der Waals surface area contributed by atoms with Crippen LogP contribution in [0.3, 0.4) is 0 Å². The molecule has 0 radical (unpaired) electrons. The van der Waals surface area contributed by atoms with Gasteiger partial charge in [0.15, 0.2) is 0 Å². The number of nitrogens with one attached hydrogen (secondary N) is 1. The molecule has 3 rings (SSSR count). The molecule has 7 nitrogen and oxygen atoms in total. The first-order chi connectivity index (χ1) is 14.3. The highest BCUT2D eigenvalue weighted by Crippen LogP contribution is 2.23. The second-order valence-corrected chi connectivity index (χ2v) is 9.39.